The van der Waals surface area contributed by atoms with Crippen LogP contribution in [0, 0.1) is 6.57 Å². The van der Waals surface area contributed by atoms with Crippen LogP contribution in [0.2, 0.25) is 0 Å². The van der Waals surface area contributed by atoms with Gasteiger partial charge in [-0.05, 0) is 48.4 Å². The number of carbonyl (C=O) groups is 1. The summed E-state index contributed by atoms with van der Waals surface area (Å²) in [5.41, 5.74) is 2.41. The van der Waals surface area contributed by atoms with E-state index in [2.05, 4.69) is 15.1 Å². The lowest BCUT2D eigenvalue weighted by Crippen LogP contribution is -2.47. The molecule has 1 unspecified atom stereocenters. The Morgan fingerprint density at radius 1 is 1.16 bits per heavy atom. The van der Waals surface area contributed by atoms with Gasteiger partial charge in [0.05, 0.1) is 19.2 Å². The van der Waals surface area contributed by atoms with Gasteiger partial charge in [-0.25, -0.2) is 4.85 Å². The number of benzene rings is 2. The van der Waals surface area contributed by atoms with Gasteiger partial charge in [0.2, 0.25) is 11.6 Å². The van der Waals surface area contributed by atoms with Crippen molar-refractivity contribution in [2.24, 2.45) is 0 Å². The number of carbonyl (C=O) groups excluding carboxylic acids is 1. The van der Waals surface area contributed by atoms with Crippen LogP contribution in [0.15, 0.2) is 66.9 Å². The third-order valence-corrected chi connectivity index (χ3v) is 5.13. The summed E-state index contributed by atoms with van der Waals surface area (Å²) >= 11 is 0. The number of nitrogens with zero attached hydrogens (tertiary/aromatic N) is 3. The van der Waals surface area contributed by atoms with Gasteiger partial charge in [-0.2, -0.15) is 0 Å². The molecule has 0 bridgehead atoms. The molecule has 1 saturated heterocycles. The largest absolute Gasteiger partial charge is 0.457 e. The molecule has 1 aliphatic heterocycles. The molecule has 1 fully saturated rings. The predicted molar refractivity (Wildman–Crippen MR) is 118 cm³/mol. The minimum Gasteiger partial charge on any atom is -0.457 e. The Bertz CT molecular complexity index is 1090. The van der Waals surface area contributed by atoms with E-state index in [1.54, 1.807) is 23.2 Å². The SMILES string of the molecule is [C-]#[N+]c1cccnc1Nc1ccc(Oc2ccc(CC3COCC(=O)N3C)cc2)cc1. The van der Waals surface area contributed by atoms with E-state index in [1.807, 2.05) is 55.6 Å². The maximum Gasteiger partial charge on any atom is 0.248 e. The first-order chi connectivity index (χ1) is 15.1. The van der Waals surface area contributed by atoms with Gasteiger partial charge in [-0.1, -0.05) is 24.3 Å². The molecule has 0 aliphatic carbocycles. The summed E-state index contributed by atoms with van der Waals surface area (Å²) in [4.78, 5) is 21.2. The van der Waals surface area contributed by atoms with Gasteiger partial charge in [-0.15, -0.1) is 0 Å². The summed E-state index contributed by atoms with van der Waals surface area (Å²) in [6, 6.07) is 18.8. The number of nitrogens with one attached hydrogen (secondary N) is 1. The lowest BCUT2D eigenvalue weighted by molar-refractivity contribution is -0.145. The van der Waals surface area contributed by atoms with Gasteiger partial charge in [0.15, 0.2) is 0 Å². The number of morpholine rings is 1. The molecule has 156 valence electrons. The third-order valence-electron chi connectivity index (χ3n) is 5.13. The Kier molecular flexibility index (Phi) is 6.11. The first-order valence-corrected chi connectivity index (χ1v) is 9.92. The van der Waals surface area contributed by atoms with Crippen molar-refractivity contribution in [3.05, 3.63) is 83.8 Å². The van der Waals surface area contributed by atoms with Crippen LogP contribution in [0.3, 0.4) is 0 Å². The van der Waals surface area contributed by atoms with Crippen LogP contribution in [0.5, 0.6) is 11.5 Å². The van der Waals surface area contributed by atoms with Gasteiger partial charge in [-0.3, -0.25) is 9.78 Å². The molecule has 3 aromatic rings. The summed E-state index contributed by atoms with van der Waals surface area (Å²) in [5, 5.41) is 3.15. The number of hydrogen-bond donors (Lipinski definition) is 1. The van der Waals surface area contributed by atoms with E-state index in [4.69, 9.17) is 16.0 Å². The van der Waals surface area contributed by atoms with Crippen molar-refractivity contribution >= 4 is 23.1 Å². The molecule has 1 aromatic heterocycles. The molecule has 1 N–H and O–H groups in total. The van der Waals surface area contributed by atoms with Crippen molar-refractivity contribution in [1.29, 1.82) is 0 Å². The first kappa shape index (κ1) is 20.4. The van der Waals surface area contributed by atoms with Crippen LogP contribution in [0.25, 0.3) is 4.85 Å². The van der Waals surface area contributed by atoms with Crippen molar-refractivity contribution in [1.82, 2.24) is 9.88 Å². The van der Waals surface area contributed by atoms with Crippen LogP contribution in [-0.4, -0.2) is 42.1 Å². The molecule has 31 heavy (non-hydrogen) atoms. The van der Waals surface area contributed by atoms with Crippen LogP contribution in [0.4, 0.5) is 17.2 Å². The predicted octanol–water partition coefficient (Wildman–Crippen LogP) is 4.57. The topological polar surface area (TPSA) is 68.0 Å². The Morgan fingerprint density at radius 2 is 1.87 bits per heavy atom. The standard InChI is InChI=1S/C24H22N4O3/c1-25-22-4-3-13-26-24(22)27-18-7-11-21(12-8-18)31-20-9-5-17(6-10-20)14-19-15-30-16-23(29)28(19)2/h3-13,19H,14-16H2,2H3,(H,26,27). The van der Waals surface area contributed by atoms with Crippen LogP contribution >= 0.6 is 0 Å². The fraction of sp³-hybridized carbons (Fsp3) is 0.208. The van der Waals surface area contributed by atoms with Crippen LogP contribution in [-0.2, 0) is 16.0 Å². The molecule has 7 heteroatoms. The monoisotopic (exact) mass is 414 g/mol. The van der Waals surface area contributed by atoms with Crippen molar-refractivity contribution in [3.63, 3.8) is 0 Å². The minimum atomic E-state index is 0.0162. The highest BCUT2D eigenvalue weighted by Gasteiger charge is 2.25. The maximum atomic E-state index is 11.8. The number of amides is 1. The second kappa shape index (κ2) is 9.28. The van der Waals surface area contributed by atoms with Gasteiger partial charge >= 0.3 is 0 Å². The fourth-order valence-electron chi connectivity index (χ4n) is 3.32. The zero-order chi connectivity index (χ0) is 21.6. The Morgan fingerprint density at radius 3 is 2.58 bits per heavy atom. The smallest absolute Gasteiger partial charge is 0.248 e. The van der Waals surface area contributed by atoms with Gasteiger partial charge < -0.3 is 19.7 Å². The molecular formula is C24H22N4O3. The van der Waals surface area contributed by atoms with Crippen molar-refractivity contribution in [2.75, 3.05) is 25.6 Å². The maximum absolute atomic E-state index is 11.8. The highest BCUT2D eigenvalue weighted by atomic mass is 16.5. The normalized spacial score (nSPS) is 15.9. The lowest BCUT2D eigenvalue weighted by atomic mass is 10.0. The molecule has 0 spiro atoms. The molecule has 2 aromatic carbocycles. The summed E-state index contributed by atoms with van der Waals surface area (Å²) in [6.07, 6.45) is 2.39. The lowest BCUT2D eigenvalue weighted by Gasteiger charge is -2.32. The molecule has 1 aliphatic rings. The average molecular weight is 414 g/mol. The minimum absolute atomic E-state index is 0.0162. The van der Waals surface area contributed by atoms with E-state index >= 15 is 0 Å². The highest BCUT2D eigenvalue weighted by Crippen LogP contribution is 2.28. The van der Waals surface area contributed by atoms with E-state index in [0.717, 1.165) is 23.4 Å². The van der Waals surface area contributed by atoms with E-state index in [-0.39, 0.29) is 18.6 Å². The summed E-state index contributed by atoms with van der Waals surface area (Å²) in [7, 11) is 1.82. The molecule has 0 saturated carbocycles. The number of pyridine rings is 1. The van der Waals surface area contributed by atoms with Crippen LogP contribution < -0.4 is 10.1 Å². The number of ether oxygens (including phenoxy) is 2. The number of anilines is 2. The van der Waals surface area contributed by atoms with Crippen molar-refractivity contribution in [3.8, 4) is 11.5 Å². The second-order valence-corrected chi connectivity index (χ2v) is 7.26. The zero-order valence-corrected chi connectivity index (χ0v) is 17.1. The molecule has 1 atom stereocenters. The van der Waals surface area contributed by atoms with E-state index in [9.17, 15) is 4.79 Å². The number of hydrogen-bond acceptors (Lipinski definition) is 5. The molecule has 7 nitrogen and oxygen atoms in total. The number of rotatable bonds is 6. The Hall–Kier alpha value is -3.89. The molecule has 2 heterocycles. The van der Waals surface area contributed by atoms with Crippen LogP contribution in [0.1, 0.15) is 5.56 Å². The molecular weight excluding hydrogens is 392 g/mol. The number of likely N-dealkylation sites (N-methyl/N-ethyl adjacent to an activating group) is 1. The fourth-order valence-corrected chi connectivity index (χ4v) is 3.32. The first-order valence-electron chi connectivity index (χ1n) is 9.92. The summed E-state index contributed by atoms with van der Waals surface area (Å²) in [6.45, 7) is 7.93. The zero-order valence-electron chi connectivity index (χ0n) is 17.1. The molecule has 0 radical (unpaired) electrons. The third kappa shape index (κ3) is 5.00. The average Bonchev–Trinajstić information content (AvgIpc) is 2.80. The van der Waals surface area contributed by atoms with E-state index in [1.165, 1.54) is 0 Å². The van der Waals surface area contributed by atoms with E-state index < -0.39 is 0 Å². The Labute approximate surface area is 181 Å². The summed E-state index contributed by atoms with van der Waals surface area (Å²) < 4.78 is 11.3. The van der Waals surface area contributed by atoms with Gasteiger partial charge in [0.1, 0.15) is 23.9 Å². The van der Waals surface area contributed by atoms with E-state index in [0.29, 0.717) is 23.9 Å². The Balaban J connectivity index is 1.36. The molecule has 4 rings (SSSR count). The second-order valence-electron chi connectivity index (χ2n) is 7.26. The van der Waals surface area contributed by atoms with Crippen molar-refractivity contribution in [2.45, 2.75) is 12.5 Å². The summed E-state index contributed by atoms with van der Waals surface area (Å²) in [5.74, 6) is 1.98. The quantitative estimate of drug-likeness (QED) is 0.599. The highest BCUT2D eigenvalue weighted by molar-refractivity contribution is 5.78. The van der Waals surface area contributed by atoms with Gasteiger partial charge in [0, 0.05) is 18.9 Å². The number of aromatic nitrogens is 1. The van der Waals surface area contributed by atoms with Crippen molar-refractivity contribution < 1.29 is 14.3 Å². The molecule has 1 amide bonds. The van der Waals surface area contributed by atoms with Gasteiger partial charge in [0.25, 0.3) is 0 Å².